The van der Waals surface area contributed by atoms with Crippen LogP contribution >= 0.6 is 0 Å². The van der Waals surface area contributed by atoms with Gasteiger partial charge in [-0.2, -0.15) is 10.2 Å². The highest BCUT2D eigenvalue weighted by Crippen LogP contribution is 2.60. The molecule has 4 saturated carbocycles. The zero-order valence-corrected chi connectivity index (χ0v) is 13.9. The minimum Gasteiger partial charge on any atom is -0.304 e. The smallest absolute Gasteiger partial charge is 0.277 e. The molecule has 6 rings (SSSR count). The lowest BCUT2D eigenvalue weighted by atomic mass is 9.49. The summed E-state index contributed by atoms with van der Waals surface area (Å²) < 4.78 is 0. The van der Waals surface area contributed by atoms with E-state index in [0.717, 1.165) is 23.4 Å². The van der Waals surface area contributed by atoms with Crippen molar-refractivity contribution in [1.29, 1.82) is 0 Å². The van der Waals surface area contributed by atoms with Gasteiger partial charge in [0, 0.05) is 23.2 Å². The molecule has 0 aliphatic heterocycles. The number of aromatic amines is 2. The van der Waals surface area contributed by atoms with Crippen molar-refractivity contribution >= 4 is 11.7 Å². The summed E-state index contributed by atoms with van der Waals surface area (Å²) in [5.41, 5.74) is 1.22. The Morgan fingerprint density at radius 2 is 1.72 bits per heavy atom. The van der Waals surface area contributed by atoms with Crippen molar-refractivity contribution in [3.8, 4) is 0 Å². The fraction of sp³-hybridized carbons (Fsp3) is 0.556. The summed E-state index contributed by atoms with van der Waals surface area (Å²) >= 11 is 0. The number of hydrogen-bond acceptors (Lipinski definition) is 4. The number of carbonyl (C=O) groups excluding carboxylic acids is 1. The Labute approximate surface area is 144 Å². The van der Waals surface area contributed by atoms with Gasteiger partial charge in [-0.05, 0) is 62.3 Å². The third kappa shape index (κ3) is 2.49. The van der Waals surface area contributed by atoms with Crippen molar-refractivity contribution in [1.82, 2.24) is 20.4 Å². The van der Waals surface area contributed by atoms with E-state index in [4.69, 9.17) is 0 Å². The average molecular weight is 339 g/mol. The molecule has 2 heterocycles. The van der Waals surface area contributed by atoms with Gasteiger partial charge in [-0.15, -0.1) is 0 Å². The molecule has 25 heavy (non-hydrogen) atoms. The van der Waals surface area contributed by atoms with Crippen molar-refractivity contribution in [3.63, 3.8) is 0 Å². The van der Waals surface area contributed by atoms with E-state index >= 15 is 0 Å². The van der Waals surface area contributed by atoms with Crippen LogP contribution in [0.5, 0.6) is 0 Å². The Morgan fingerprint density at radius 3 is 2.32 bits per heavy atom. The van der Waals surface area contributed by atoms with E-state index in [-0.39, 0.29) is 22.6 Å². The summed E-state index contributed by atoms with van der Waals surface area (Å²) in [5.74, 6) is 2.72. The molecule has 1 amide bonds. The van der Waals surface area contributed by atoms with Crippen LogP contribution in [0.25, 0.3) is 0 Å². The van der Waals surface area contributed by atoms with Crippen molar-refractivity contribution in [3.05, 3.63) is 39.9 Å². The first-order chi connectivity index (χ1) is 12.1. The van der Waals surface area contributed by atoms with Crippen LogP contribution in [-0.2, 0) is 5.41 Å². The van der Waals surface area contributed by atoms with E-state index in [1.54, 1.807) is 0 Å². The van der Waals surface area contributed by atoms with Gasteiger partial charge in [-0.3, -0.25) is 14.7 Å². The molecule has 4 aliphatic rings. The van der Waals surface area contributed by atoms with E-state index in [9.17, 15) is 9.59 Å². The van der Waals surface area contributed by atoms with Crippen LogP contribution in [0.1, 0.15) is 54.7 Å². The Kier molecular flexibility index (Phi) is 3.14. The number of H-pyrrole nitrogens is 2. The predicted molar refractivity (Wildman–Crippen MR) is 91.2 cm³/mol. The molecular weight excluding hydrogens is 318 g/mol. The highest BCUT2D eigenvalue weighted by Gasteiger charge is 2.52. The summed E-state index contributed by atoms with van der Waals surface area (Å²) in [6.07, 6.45) is 7.93. The zero-order valence-electron chi connectivity index (χ0n) is 13.9. The fourth-order valence-electron chi connectivity index (χ4n) is 5.75. The molecule has 130 valence electrons. The second-order valence-corrected chi connectivity index (χ2v) is 8.13. The highest BCUT2D eigenvalue weighted by molar-refractivity contribution is 6.02. The second-order valence-electron chi connectivity index (χ2n) is 8.13. The van der Waals surface area contributed by atoms with Crippen molar-refractivity contribution in [2.45, 2.75) is 43.9 Å². The fourth-order valence-corrected chi connectivity index (χ4v) is 5.75. The van der Waals surface area contributed by atoms with Crippen molar-refractivity contribution < 1.29 is 4.79 Å². The average Bonchev–Trinajstić information content (AvgIpc) is 3.03. The van der Waals surface area contributed by atoms with E-state index in [2.05, 4.69) is 25.7 Å². The number of carbonyl (C=O) groups is 1. The molecule has 4 bridgehead atoms. The Balaban J connectivity index is 1.36. The van der Waals surface area contributed by atoms with E-state index < -0.39 is 0 Å². The normalized spacial score (nSPS) is 32.7. The van der Waals surface area contributed by atoms with Gasteiger partial charge in [0.1, 0.15) is 5.69 Å². The zero-order chi connectivity index (χ0) is 17.0. The van der Waals surface area contributed by atoms with Gasteiger partial charge in [0.05, 0.1) is 0 Å². The van der Waals surface area contributed by atoms with Crippen LogP contribution in [0.4, 0.5) is 5.82 Å². The molecule has 2 aromatic rings. The number of nitrogens with zero attached hydrogens (tertiary/aromatic N) is 2. The first kappa shape index (κ1) is 14.9. The number of rotatable bonds is 3. The molecule has 2 aromatic heterocycles. The van der Waals surface area contributed by atoms with E-state index in [1.165, 1.54) is 50.7 Å². The maximum Gasteiger partial charge on any atom is 0.277 e. The molecule has 4 fully saturated rings. The molecular formula is C18H21N5O2. The number of nitrogens with one attached hydrogen (secondary N) is 3. The standard InChI is InChI=1S/C18H21N5O2/c24-16-2-1-13(20-23-16)17(25)19-15-6-14(21-22-15)18-7-10-3-11(8-18)5-12(4-10)9-18/h1-2,6,10-12H,3-5,7-9H2,(H,23,24)(H2,19,21,22,25). The van der Waals surface area contributed by atoms with Crippen molar-refractivity contribution in [2.75, 3.05) is 5.32 Å². The minimum absolute atomic E-state index is 0.166. The number of aromatic nitrogens is 4. The topological polar surface area (TPSA) is 104 Å². The second kappa shape index (κ2) is 5.28. The molecule has 0 atom stereocenters. The molecule has 0 unspecified atom stereocenters. The Hall–Kier alpha value is -2.44. The first-order valence-electron chi connectivity index (χ1n) is 9.03. The Morgan fingerprint density at radius 1 is 1.04 bits per heavy atom. The lowest BCUT2D eigenvalue weighted by molar-refractivity contribution is -0.00721. The van der Waals surface area contributed by atoms with Gasteiger partial charge < -0.3 is 5.32 Å². The number of hydrogen-bond donors (Lipinski definition) is 3. The number of anilines is 1. The summed E-state index contributed by atoms with van der Waals surface area (Å²) in [4.78, 5) is 23.3. The third-order valence-corrected chi connectivity index (χ3v) is 6.34. The number of amides is 1. The summed E-state index contributed by atoms with van der Waals surface area (Å²) in [6.45, 7) is 0. The maximum absolute atomic E-state index is 12.2. The maximum atomic E-state index is 12.2. The lowest BCUT2D eigenvalue weighted by Crippen LogP contribution is -2.48. The summed E-state index contributed by atoms with van der Waals surface area (Å²) in [6, 6.07) is 4.67. The van der Waals surface area contributed by atoms with Gasteiger partial charge in [0.15, 0.2) is 5.82 Å². The first-order valence-corrected chi connectivity index (χ1v) is 9.03. The molecule has 7 heteroatoms. The third-order valence-electron chi connectivity index (χ3n) is 6.34. The van der Waals surface area contributed by atoms with Gasteiger partial charge in [-0.1, -0.05) is 0 Å². The van der Waals surface area contributed by atoms with Crippen LogP contribution < -0.4 is 10.9 Å². The van der Waals surface area contributed by atoms with Crippen LogP contribution in [0.3, 0.4) is 0 Å². The van der Waals surface area contributed by atoms with E-state index in [0.29, 0.717) is 5.82 Å². The highest BCUT2D eigenvalue weighted by atomic mass is 16.2. The largest absolute Gasteiger partial charge is 0.304 e. The lowest BCUT2D eigenvalue weighted by Gasteiger charge is -2.56. The minimum atomic E-state index is -0.375. The predicted octanol–water partition coefficient (Wildman–Crippen LogP) is 2.21. The Bertz CT molecular complexity index is 828. The molecule has 0 radical (unpaired) electrons. The SMILES string of the molecule is O=C(Nc1cc(C23CC4CC(CC(C4)C2)C3)[nH]n1)c1ccc(=O)[nH]n1. The van der Waals surface area contributed by atoms with Crippen LogP contribution in [0.15, 0.2) is 23.0 Å². The monoisotopic (exact) mass is 339 g/mol. The van der Waals surface area contributed by atoms with Crippen LogP contribution in [-0.4, -0.2) is 26.3 Å². The molecule has 0 saturated heterocycles. The molecule has 4 aliphatic carbocycles. The van der Waals surface area contributed by atoms with Gasteiger partial charge >= 0.3 is 0 Å². The van der Waals surface area contributed by atoms with Gasteiger partial charge in [0.2, 0.25) is 0 Å². The van der Waals surface area contributed by atoms with Crippen LogP contribution in [0, 0.1) is 17.8 Å². The van der Waals surface area contributed by atoms with Crippen molar-refractivity contribution in [2.24, 2.45) is 17.8 Å². The summed E-state index contributed by atoms with van der Waals surface area (Å²) in [7, 11) is 0. The van der Waals surface area contributed by atoms with E-state index in [1.807, 2.05) is 6.07 Å². The van der Waals surface area contributed by atoms with Crippen LogP contribution in [0.2, 0.25) is 0 Å². The summed E-state index contributed by atoms with van der Waals surface area (Å²) in [5, 5.41) is 16.3. The molecule has 7 nitrogen and oxygen atoms in total. The molecule has 3 N–H and O–H groups in total. The quantitative estimate of drug-likeness (QED) is 0.797. The molecule has 0 aromatic carbocycles. The van der Waals surface area contributed by atoms with Gasteiger partial charge in [-0.25, -0.2) is 5.10 Å². The van der Waals surface area contributed by atoms with Gasteiger partial charge in [0.25, 0.3) is 11.5 Å². The molecule has 0 spiro atoms.